The third kappa shape index (κ3) is 4.34. The van der Waals surface area contributed by atoms with Crippen LogP contribution in [0.4, 0.5) is 27.7 Å². The Bertz CT molecular complexity index is 1530. The molecular weight excluding hydrogens is 455 g/mol. The Kier molecular flexibility index (Phi) is 4.98. The van der Waals surface area contributed by atoms with Gasteiger partial charge in [0.05, 0.1) is 11.8 Å². The number of carbonyl (C=O) groups excluding carboxylic acids is 1. The van der Waals surface area contributed by atoms with Gasteiger partial charge in [-0.05, 0) is 59.3 Å². The summed E-state index contributed by atoms with van der Waals surface area (Å²) in [5, 5.41) is 20.6. The van der Waals surface area contributed by atoms with Gasteiger partial charge in [-0.2, -0.15) is 10.1 Å². The number of aromatic nitrogens is 8. The molecule has 0 radical (unpaired) electrons. The molecule has 174 valence electrons. The zero-order valence-corrected chi connectivity index (χ0v) is 18.0. The molecule has 13 heteroatoms. The number of H-pyrrole nitrogens is 1. The van der Waals surface area contributed by atoms with E-state index < -0.39 is 11.8 Å². The minimum Gasteiger partial charge on any atom is -0.324 e. The van der Waals surface area contributed by atoms with Crippen LogP contribution in [0.1, 0.15) is 34.8 Å². The fourth-order valence-corrected chi connectivity index (χ4v) is 3.40. The van der Waals surface area contributed by atoms with Crippen molar-refractivity contribution in [2.45, 2.75) is 18.8 Å². The number of nitrogens with one attached hydrogen (secondary N) is 3. The van der Waals surface area contributed by atoms with Gasteiger partial charge in [-0.1, -0.05) is 0 Å². The van der Waals surface area contributed by atoms with Crippen LogP contribution in [-0.2, 0) is 0 Å². The van der Waals surface area contributed by atoms with Crippen LogP contribution in [0.3, 0.4) is 0 Å². The van der Waals surface area contributed by atoms with E-state index in [-0.39, 0.29) is 17.3 Å². The van der Waals surface area contributed by atoms with Crippen LogP contribution >= 0.6 is 0 Å². The van der Waals surface area contributed by atoms with Crippen molar-refractivity contribution in [2.75, 3.05) is 10.6 Å². The maximum atomic E-state index is 14.2. The van der Waals surface area contributed by atoms with E-state index >= 15 is 0 Å². The molecule has 0 bridgehead atoms. The average Bonchev–Trinajstić information content (AvgIpc) is 3.49. The number of hydrogen-bond donors (Lipinski definition) is 3. The van der Waals surface area contributed by atoms with Crippen LogP contribution < -0.4 is 15.5 Å². The zero-order valence-electron chi connectivity index (χ0n) is 18.0. The second-order valence-electron chi connectivity index (χ2n) is 7.89. The first kappa shape index (κ1) is 20.7. The number of nitrogens with zero attached hydrogens (tertiary/aromatic N) is 7. The largest absolute Gasteiger partial charge is 0.365 e. The van der Waals surface area contributed by atoms with Gasteiger partial charge in [0, 0.05) is 29.6 Å². The molecule has 1 fully saturated rings. The predicted octanol–water partition coefficient (Wildman–Crippen LogP) is 3.11. The van der Waals surface area contributed by atoms with Crippen molar-refractivity contribution in [2.24, 2.45) is 0 Å². The molecule has 1 aliphatic carbocycles. The van der Waals surface area contributed by atoms with Gasteiger partial charge in [-0.25, -0.2) is 19.2 Å². The highest BCUT2D eigenvalue weighted by molar-refractivity contribution is 5.90. The molecule has 5 aromatic rings. The molecule has 0 unspecified atom stereocenters. The lowest BCUT2D eigenvalue weighted by molar-refractivity contribution is 0.0405. The molecule has 3 N–H and O–H groups in total. The molecule has 6 rings (SSSR count). The number of halogens is 1. The monoisotopic (exact) mass is 472 g/mol. The fourth-order valence-electron chi connectivity index (χ4n) is 3.40. The van der Waals surface area contributed by atoms with Crippen LogP contribution in [0.5, 0.6) is 0 Å². The van der Waals surface area contributed by atoms with Crippen molar-refractivity contribution in [3.8, 4) is 0 Å². The minimum atomic E-state index is -0.636. The molecule has 1 aromatic carbocycles. The highest BCUT2D eigenvalue weighted by Crippen LogP contribution is 2.39. The summed E-state index contributed by atoms with van der Waals surface area (Å²) < 4.78 is 14.2. The summed E-state index contributed by atoms with van der Waals surface area (Å²) in [4.78, 5) is 31.0. The number of rotatable bonds is 7. The van der Waals surface area contributed by atoms with E-state index in [4.69, 9.17) is 4.84 Å². The lowest BCUT2D eigenvalue weighted by Gasteiger charge is -2.08. The summed E-state index contributed by atoms with van der Waals surface area (Å²) in [6, 6.07) is 11.7. The van der Waals surface area contributed by atoms with Gasteiger partial charge >= 0.3 is 5.97 Å². The summed E-state index contributed by atoms with van der Waals surface area (Å²) in [7, 11) is 0. The second-order valence-corrected chi connectivity index (χ2v) is 7.89. The van der Waals surface area contributed by atoms with E-state index in [1.807, 2.05) is 6.07 Å². The van der Waals surface area contributed by atoms with Crippen molar-refractivity contribution in [3.05, 3.63) is 71.9 Å². The van der Waals surface area contributed by atoms with Crippen molar-refractivity contribution in [1.82, 2.24) is 40.3 Å². The number of aromatic amines is 1. The second kappa shape index (κ2) is 8.44. The zero-order chi connectivity index (χ0) is 23.8. The summed E-state index contributed by atoms with van der Waals surface area (Å²) in [6.45, 7) is 0. The molecule has 1 aliphatic rings. The quantitative estimate of drug-likeness (QED) is 0.302. The Morgan fingerprint density at radius 3 is 2.83 bits per heavy atom. The van der Waals surface area contributed by atoms with Gasteiger partial charge in [0.2, 0.25) is 11.6 Å². The predicted molar refractivity (Wildman–Crippen MR) is 122 cm³/mol. The molecule has 4 heterocycles. The summed E-state index contributed by atoms with van der Waals surface area (Å²) in [5.41, 5.74) is 2.72. The third-order valence-corrected chi connectivity index (χ3v) is 5.33. The van der Waals surface area contributed by atoms with Gasteiger partial charge < -0.3 is 15.5 Å². The van der Waals surface area contributed by atoms with E-state index in [1.54, 1.807) is 42.6 Å². The third-order valence-electron chi connectivity index (χ3n) is 5.33. The van der Waals surface area contributed by atoms with Crippen molar-refractivity contribution < 1.29 is 14.0 Å². The van der Waals surface area contributed by atoms with Crippen molar-refractivity contribution in [1.29, 1.82) is 0 Å². The number of pyridine rings is 1. The number of fused-ring (bicyclic) bond motifs is 1. The van der Waals surface area contributed by atoms with Crippen LogP contribution in [0.15, 0.2) is 54.9 Å². The van der Waals surface area contributed by atoms with E-state index in [0.29, 0.717) is 28.6 Å². The molecule has 0 spiro atoms. The lowest BCUT2D eigenvalue weighted by atomic mass is 10.2. The molecule has 1 saturated carbocycles. The first-order valence-corrected chi connectivity index (χ1v) is 10.7. The maximum Gasteiger partial charge on any atom is 0.365 e. The number of anilines is 4. The van der Waals surface area contributed by atoms with Crippen LogP contribution in [0.2, 0.25) is 0 Å². The molecular formula is C22H17FN10O2. The summed E-state index contributed by atoms with van der Waals surface area (Å²) in [5.74, 6) is -0.109. The molecule has 0 aliphatic heterocycles. The van der Waals surface area contributed by atoms with E-state index in [9.17, 15) is 9.18 Å². The first-order chi connectivity index (χ1) is 17.1. The van der Waals surface area contributed by atoms with Crippen LogP contribution in [-0.4, -0.2) is 46.3 Å². The Balaban J connectivity index is 1.13. The first-order valence-electron chi connectivity index (χ1n) is 10.7. The minimum absolute atomic E-state index is 0.00906. The normalized spacial score (nSPS) is 13.1. The van der Waals surface area contributed by atoms with Crippen LogP contribution in [0, 0.1) is 5.82 Å². The van der Waals surface area contributed by atoms with Gasteiger partial charge in [-0.15, -0.1) is 5.10 Å². The Morgan fingerprint density at radius 1 is 1.14 bits per heavy atom. The number of carbonyl (C=O) groups is 1. The Morgan fingerprint density at radius 2 is 2.00 bits per heavy atom. The van der Waals surface area contributed by atoms with Crippen molar-refractivity contribution >= 4 is 40.4 Å². The summed E-state index contributed by atoms with van der Waals surface area (Å²) in [6.07, 6.45) is 4.87. The molecule has 0 saturated heterocycles. The molecule has 12 nitrogen and oxygen atoms in total. The summed E-state index contributed by atoms with van der Waals surface area (Å²) >= 11 is 0. The van der Waals surface area contributed by atoms with Gasteiger partial charge in [0.1, 0.15) is 5.52 Å². The number of benzene rings is 1. The topological polar surface area (TPSA) is 148 Å². The molecule has 0 amide bonds. The van der Waals surface area contributed by atoms with Gasteiger partial charge in [0.25, 0.3) is 0 Å². The average molecular weight is 472 g/mol. The Hall–Kier alpha value is -4.94. The van der Waals surface area contributed by atoms with E-state index in [1.165, 1.54) is 0 Å². The molecule has 4 aromatic heterocycles. The van der Waals surface area contributed by atoms with E-state index in [2.05, 4.69) is 46.1 Å². The molecule has 0 atom stereocenters. The highest BCUT2D eigenvalue weighted by atomic mass is 19.1. The molecule has 35 heavy (non-hydrogen) atoms. The Labute approximate surface area is 196 Å². The van der Waals surface area contributed by atoms with E-state index in [0.717, 1.165) is 29.6 Å². The van der Waals surface area contributed by atoms with Gasteiger partial charge in [-0.3, -0.25) is 5.10 Å². The number of hydrogen-bond acceptors (Lipinski definition) is 10. The van der Waals surface area contributed by atoms with Gasteiger partial charge in [0.15, 0.2) is 17.5 Å². The fraction of sp³-hybridized carbons (Fsp3) is 0.136. The highest BCUT2D eigenvalue weighted by Gasteiger charge is 2.25. The smallest absolute Gasteiger partial charge is 0.324 e. The standard InChI is InChI=1S/C22H17FN10O2/c23-15-11-25-22(28-19(15)27-18-10-17(29-31-18)12-3-4-12)26-14-7-5-13(6-8-14)21(34)35-33-20-16(30-32-33)2-1-9-24-20/h1-2,5-12H,3-4H2,(H3,25,26,27,28,29,31). The lowest BCUT2D eigenvalue weighted by Crippen LogP contribution is -2.21. The van der Waals surface area contributed by atoms with Crippen LogP contribution in [0.25, 0.3) is 11.2 Å². The maximum absolute atomic E-state index is 14.2. The van der Waals surface area contributed by atoms with Crippen molar-refractivity contribution in [3.63, 3.8) is 0 Å². The SMILES string of the molecule is O=C(On1nnc2cccnc21)c1ccc(Nc2ncc(F)c(Nc3cc(C4CC4)[nH]n3)n2)cc1.